The molecule has 0 heterocycles. The van der Waals surface area contributed by atoms with Crippen molar-refractivity contribution in [3.63, 3.8) is 0 Å². The van der Waals surface area contributed by atoms with Crippen LogP contribution in [0.3, 0.4) is 0 Å². The summed E-state index contributed by atoms with van der Waals surface area (Å²) in [5.41, 5.74) is 4.46. The first-order valence-corrected chi connectivity index (χ1v) is 11.0. The average molecular weight is 462 g/mol. The van der Waals surface area contributed by atoms with E-state index < -0.39 is 15.9 Å². The summed E-state index contributed by atoms with van der Waals surface area (Å²) in [5, 5.41) is 4.68. The number of aryl methyl sites for hydroxylation is 1. The largest absolute Gasteiger partial charge is 0.280 e. The smallest absolute Gasteiger partial charge is 0.271 e. The van der Waals surface area contributed by atoms with Gasteiger partial charge in [-0.15, -0.1) is 0 Å². The van der Waals surface area contributed by atoms with Crippen LogP contribution in [0.5, 0.6) is 0 Å². The Hall–Kier alpha value is -2.87. The summed E-state index contributed by atoms with van der Waals surface area (Å²) in [4.78, 5) is 12.4. The molecule has 30 heavy (non-hydrogen) atoms. The molecule has 0 fully saturated rings. The lowest BCUT2D eigenvalue weighted by Gasteiger charge is -2.09. The van der Waals surface area contributed by atoms with E-state index >= 15 is 0 Å². The SMILES string of the molecule is Cc1ccc(S(=O)(=O)Nc2ccc(C(=O)NN=Cc3c(Cl)cccc3Cl)cc2)cc1. The Morgan fingerprint density at radius 1 is 0.933 bits per heavy atom. The summed E-state index contributed by atoms with van der Waals surface area (Å²) in [7, 11) is -3.72. The third kappa shape index (κ3) is 5.38. The van der Waals surface area contributed by atoms with Gasteiger partial charge in [0.25, 0.3) is 15.9 Å². The first-order valence-electron chi connectivity index (χ1n) is 8.73. The molecule has 1 amide bonds. The first-order chi connectivity index (χ1) is 14.3. The number of anilines is 1. The fourth-order valence-corrected chi connectivity index (χ4v) is 4.03. The van der Waals surface area contributed by atoms with Crippen LogP contribution < -0.4 is 10.1 Å². The zero-order chi connectivity index (χ0) is 21.7. The van der Waals surface area contributed by atoms with Gasteiger partial charge in [0, 0.05) is 16.8 Å². The van der Waals surface area contributed by atoms with E-state index in [0.717, 1.165) is 5.56 Å². The molecule has 0 aromatic heterocycles. The Morgan fingerprint density at radius 3 is 2.13 bits per heavy atom. The van der Waals surface area contributed by atoms with Crippen molar-refractivity contribution in [3.05, 3.63) is 93.5 Å². The summed E-state index contributed by atoms with van der Waals surface area (Å²) in [6, 6.07) is 17.5. The van der Waals surface area contributed by atoms with Crippen molar-refractivity contribution in [2.24, 2.45) is 5.10 Å². The van der Waals surface area contributed by atoms with Crippen molar-refractivity contribution in [1.29, 1.82) is 0 Å². The van der Waals surface area contributed by atoms with Crippen LogP contribution in [0.25, 0.3) is 0 Å². The van der Waals surface area contributed by atoms with Crippen LogP contribution in [0.1, 0.15) is 21.5 Å². The van der Waals surface area contributed by atoms with E-state index in [1.54, 1.807) is 30.3 Å². The Balaban J connectivity index is 1.65. The lowest BCUT2D eigenvalue weighted by Crippen LogP contribution is -2.18. The molecule has 0 saturated carbocycles. The third-order valence-electron chi connectivity index (χ3n) is 4.09. The number of sulfonamides is 1. The van der Waals surface area contributed by atoms with Gasteiger partial charge < -0.3 is 0 Å². The van der Waals surface area contributed by atoms with Crippen LogP contribution in [0, 0.1) is 6.92 Å². The summed E-state index contributed by atoms with van der Waals surface area (Å²) in [6.07, 6.45) is 1.35. The molecule has 0 aliphatic carbocycles. The van der Waals surface area contributed by atoms with Gasteiger partial charge in [-0.05, 0) is 55.5 Å². The van der Waals surface area contributed by atoms with E-state index in [0.29, 0.717) is 26.9 Å². The molecule has 154 valence electrons. The molecule has 0 radical (unpaired) electrons. The van der Waals surface area contributed by atoms with Crippen LogP contribution in [0.4, 0.5) is 5.69 Å². The summed E-state index contributed by atoms with van der Waals surface area (Å²) < 4.78 is 27.3. The zero-order valence-corrected chi connectivity index (χ0v) is 18.1. The number of benzene rings is 3. The Morgan fingerprint density at radius 2 is 1.53 bits per heavy atom. The molecule has 0 aliphatic rings. The molecule has 3 aromatic rings. The van der Waals surface area contributed by atoms with Gasteiger partial charge in [-0.2, -0.15) is 5.10 Å². The zero-order valence-electron chi connectivity index (χ0n) is 15.8. The van der Waals surface area contributed by atoms with Crippen molar-refractivity contribution in [2.45, 2.75) is 11.8 Å². The molecule has 0 bridgehead atoms. The second-order valence-electron chi connectivity index (χ2n) is 6.33. The number of rotatable bonds is 6. The highest BCUT2D eigenvalue weighted by Gasteiger charge is 2.14. The molecule has 6 nitrogen and oxygen atoms in total. The summed E-state index contributed by atoms with van der Waals surface area (Å²) in [5.74, 6) is -0.470. The fraction of sp³-hybridized carbons (Fsp3) is 0.0476. The van der Waals surface area contributed by atoms with Crippen molar-refractivity contribution in [2.75, 3.05) is 4.72 Å². The van der Waals surface area contributed by atoms with Gasteiger partial charge in [0.1, 0.15) is 0 Å². The predicted molar refractivity (Wildman–Crippen MR) is 120 cm³/mol. The lowest BCUT2D eigenvalue weighted by molar-refractivity contribution is 0.0955. The number of halogens is 2. The molecule has 3 rings (SSSR count). The Bertz CT molecular complexity index is 1170. The van der Waals surface area contributed by atoms with Gasteiger partial charge in [-0.1, -0.05) is 47.0 Å². The lowest BCUT2D eigenvalue weighted by atomic mass is 10.2. The molecular formula is C21H17Cl2N3O3S. The predicted octanol–water partition coefficient (Wildman–Crippen LogP) is 4.87. The minimum atomic E-state index is -3.72. The van der Waals surface area contributed by atoms with E-state index in [1.165, 1.54) is 42.6 Å². The monoisotopic (exact) mass is 461 g/mol. The second-order valence-corrected chi connectivity index (χ2v) is 8.83. The van der Waals surface area contributed by atoms with Gasteiger partial charge in [0.05, 0.1) is 21.2 Å². The number of carbonyl (C=O) groups excluding carboxylic acids is 1. The maximum atomic E-state index is 12.4. The molecule has 0 saturated heterocycles. The molecule has 0 atom stereocenters. The number of nitrogens with one attached hydrogen (secondary N) is 2. The Kier molecular flexibility index (Phi) is 6.77. The number of hydrogen-bond acceptors (Lipinski definition) is 4. The molecule has 2 N–H and O–H groups in total. The van der Waals surface area contributed by atoms with Crippen LogP contribution in [0.15, 0.2) is 76.7 Å². The molecule has 9 heteroatoms. The van der Waals surface area contributed by atoms with Gasteiger partial charge in [-0.3, -0.25) is 9.52 Å². The van der Waals surface area contributed by atoms with E-state index in [4.69, 9.17) is 23.2 Å². The maximum absolute atomic E-state index is 12.4. The number of hydrogen-bond donors (Lipinski definition) is 2. The quantitative estimate of drug-likeness (QED) is 0.405. The highest BCUT2D eigenvalue weighted by molar-refractivity contribution is 7.92. The highest BCUT2D eigenvalue weighted by Crippen LogP contribution is 2.22. The molecule has 0 unspecified atom stereocenters. The second kappa shape index (κ2) is 9.30. The van der Waals surface area contributed by atoms with E-state index in [2.05, 4.69) is 15.2 Å². The van der Waals surface area contributed by atoms with Gasteiger partial charge in [-0.25, -0.2) is 13.8 Å². The first kappa shape index (κ1) is 21.8. The van der Waals surface area contributed by atoms with Gasteiger partial charge in [0.2, 0.25) is 0 Å². The molecule has 0 spiro atoms. The van der Waals surface area contributed by atoms with Gasteiger partial charge >= 0.3 is 0 Å². The van der Waals surface area contributed by atoms with E-state index in [9.17, 15) is 13.2 Å². The third-order valence-corrected chi connectivity index (χ3v) is 6.15. The summed E-state index contributed by atoms with van der Waals surface area (Å²) >= 11 is 12.1. The maximum Gasteiger partial charge on any atom is 0.271 e. The van der Waals surface area contributed by atoms with Crippen molar-refractivity contribution in [1.82, 2.24) is 5.43 Å². The molecular weight excluding hydrogens is 445 g/mol. The normalized spacial score (nSPS) is 11.4. The average Bonchev–Trinajstić information content (AvgIpc) is 2.70. The van der Waals surface area contributed by atoms with Crippen LogP contribution in [0.2, 0.25) is 10.0 Å². The number of amides is 1. The number of hydrazone groups is 1. The minimum absolute atomic E-state index is 0.155. The minimum Gasteiger partial charge on any atom is -0.280 e. The van der Waals surface area contributed by atoms with Crippen molar-refractivity contribution < 1.29 is 13.2 Å². The van der Waals surface area contributed by atoms with Crippen molar-refractivity contribution in [3.8, 4) is 0 Å². The summed E-state index contributed by atoms with van der Waals surface area (Å²) in [6.45, 7) is 1.88. The van der Waals surface area contributed by atoms with Gasteiger partial charge in [0.15, 0.2) is 0 Å². The van der Waals surface area contributed by atoms with E-state index in [-0.39, 0.29) is 4.90 Å². The van der Waals surface area contributed by atoms with E-state index in [1.807, 2.05) is 6.92 Å². The fourth-order valence-electron chi connectivity index (χ4n) is 2.48. The highest BCUT2D eigenvalue weighted by atomic mass is 35.5. The standard InChI is InChI=1S/C21H17Cl2N3O3S/c1-14-5-11-17(12-6-14)30(28,29)26-16-9-7-15(8-10-16)21(27)25-24-13-18-19(22)3-2-4-20(18)23/h2-13,26H,1H3,(H,25,27). The topological polar surface area (TPSA) is 87.6 Å². The van der Waals surface area contributed by atoms with Crippen LogP contribution in [-0.4, -0.2) is 20.5 Å². The number of nitrogens with zero attached hydrogens (tertiary/aromatic N) is 1. The molecule has 3 aromatic carbocycles. The van der Waals surface area contributed by atoms with Crippen LogP contribution in [-0.2, 0) is 10.0 Å². The number of carbonyl (C=O) groups is 1. The van der Waals surface area contributed by atoms with Crippen LogP contribution >= 0.6 is 23.2 Å². The Labute approximate surface area is 184 Å². The molecule has 0 aliphatic heterocycles. The van der Waals surface area contributed by atoms with Crippen molar-refractivity contribution >= 4 is 51.0 Å².